The van der Waals surface area contributed by atoms with Gasteiger partial charge in [0.2, 0.25) is 11.8 Å². The van der Waals surface area contributed by atoms with E-state index in [0.717, 1.165) is 51.1 Å². The molecule has 2 saturated heterocycles. The molecule has 0 radical (unpaired) electrons. The Kier molecular flexibility index (Phi) is 6.47. The summed E-state index contributed by atoms with van der Waals surface area (Å²) in [5, 5.41) is 0. The van der Waals surface area contributed by atoms with Crippen LogP contribution < -0.4 is 4.90 Å². The predicted octanol–water partition coefficient (Wildman–Crippen LogP) is 3.29. The van der Waals surface area contributed by atoms with Crippen molar-refractivity contribution in [3.8, 4) is 0 Å². The molecule has 156 valence electrons. The molecule has 0 spiro atoms. The number of piperazine rings is 1. The van der Waals surface area contributed by atoms with E-state index < -0.39 is 0 Å². The summed E-state index contributed by atoms with van der Waals surface area (Å²) in [7, 11) is 0. The molecule has 2 aliphatic heterocycles. The van der Waals surface area contributed by atoms with Crippen LogP contribution in [0.1, 0.15) is 18.4 Å². The summed E-state index contributed by atoms with van der Waals surface area (Å²) in [6, 6.07) is 20.2. The lowest BCUT2D eigenvalue weighted by Crippen LogP contribution is -2.53. The maximum atomic E-state index is 13.1. The number of hydrogen-bond donors (Lipinski definition) is 0. The molecule has 0 aromatic heterocycles. The lowest BCUT2D eigenvalue weighted by Gasteiger charge is -2.39. The molecule has 2 heterocycles. The van der Waals surface area contributed by atoms with E-state index in [1.165, 1.54) is 5.69 Å². The minimum atomic E-state index is -0.0869. The number of likely N-dealkylation sites (tertiary alicyclic amines) is 1. The van der Waals surface area contributed by atoms with E-state index >= 15 is 0 Å². The fourth-order valence-electron chi connectivity index (χ4n) is 4.30. The minimum Gasteiger partial charge on any atom is -0.368 e. The second-order valence-electron chi connectivity index (χ2n) is 8.02. The topological polar surface area (TPSA) is 43.9 Å². The SMILES string of the molecule is O=C(/C=C/c1ccccc1)N1CCC[C@@H](C(=O)N2CCN(c3ccccc3)CC2)C1. The van der Waals surface area contributed by atoms with Gasteiger partial charge in [0, 0.05) is 51.0 Å². The second kappa shape index (κ2) is 9.61. The molecule has 0 aliphatic carbocycles. The summed E-state index contributed by atoms with van der Waals surface area (Å²) in [4.78, 5) is 31.9. The van der Waals surface area contributed by atoms with Crippen LogP contribution >= 0.6 is 0 Å². The largest absolute Gasteiger partial charge is 0.368 e. The van der Waals surface area contributed by atoms with Crippen LogP contribution in [-0.2, 0) is 9.59 Å². The van der Waals surface area contributed by atoms with Crippen molar-refractivity contribution in [3.63, 3.8) is 0 Å². The van der Waals surface area contributed by atoms with Crippen molar-refractivity contribution < 1.29 is 9.59 Å². The van der Waals surface area contributed by atoms with Gasteiger partial charge in [0.25, 0.3) is 0 Å². The highest BCUT2D eigenvalue weighted by atomic mass is 16.2. The van der Waals surface area contributed by atoms with Crippen LogP contribution in [0, 0.1) is 5.92 Å². The van der Waals surface area contributed by atoms with Gasteiger partial charge in [0.15, 0.2) is 0 Å². The lowest BCUT2D eigenvalue weighted by molar-refractivity contribution is -0.139. The molecule has 4 rings (SSSR count). The fourth-order valence-corrected chi connectivity index (χ4v) is 4.30. The standard InChI is InChI=1S/C25H29N3O2/c29-24(14-13-21-8-3-1-4-9-21)28-15-7-10-22(20-28)25(30)27-18-16-26(17-19-27)23-11-5-2-6-12-23/h1-6,8-9,11-14,22H,7,10,15-20H2/b14-13+/t22-/m1/s1. The molecule has 1 atom stereocenters. The van der Waals surface area contributed by atoms with Gasteiger partial charge in [0.05, 0.1) is 5.92 Å². The van der Waals surface area contributed by atoms with Crippen LogP contribution in [0.5, 0.6) is 0 Å². The molecule has 5 heteroatoms. The van der Waals surface area contributed by atoms with E-state index in [4.69, 9.17) is 0 Å². The molecule has 2 aromatic rings. The van der Waals surface area contributed by atoms with Crippen LogP contribution in [0.3, 0.4) is 0 Å². The van der Waals surface area contributed by atoms with Crippen LogP contribution in [0.2, 0.25) is 0 Å². The first kappa shape index (κ1) is 20.2. The summed E-state index contributed by atoms with van der Waals surface area (Å²) in [5.41, 5.74) is 2.22. The number of benzene rings is 2. The Morgan fingerprint density at radius 1 is 0.800 bits per heavy atom. The third-order valence-electron chi connectivity index (χ3n) is 6.01. The fraction of sp³-hybridized carbons (Fsp3) is 0.360. The number of carbonyl (C=O) groups is 2. The van der Waals surface area contributed by atoms with E-state index in [2.05, 4.69) is 17.0 Å². The third-order valence-corrected chi connectivity index (χ3v) is 6.01. The monoisotopic (exact) mass is 403 g/mol. The first-order valence-electron chi connectivity index (χ1n) is 10.8. The summed E-state index contributed by atoms with van der Waals surface area (Å²) >= 11 is 0. The number of hydrogen-bond acceptors (Lipinski definition) is 3. The highest BCUT2D eigenvalue weighted by Gasteiger charge is 2.32. The van der Waals surface area contributed by atoms with Gasteiger partial charge in [0.1, 0.15) is 0 Å². The van der Waals surface area contributed by atoms with Gasteiger partial charge >= 0.3 is 0 Å². The van der Waals surface area contributed by atoms with Crippen molar-refractivity contribution >= 4 is 23.6 Å². The van der Waals surface area contributed by atoms with Gasteiger partial charge in [-0.25, -0.2) is 0 Å². The molecule has 0 N–H and O–H groups in total. The van der Waals surface area contributed by atoms with Crippen molar-refractivity contribution in [2.24, 2.45) is 5.92 Å². The van der Waals surface area contributed by atoms with Crippen molar-refractivity contribution in [2.75, 3.05) is 44.2 Å². The summed E-state index contributed by atoms with van der Waals surface area (Å²) in [5.74, 6) is 0.105. The van der Waals surface area contributed by atoms with Gasteiger partial charge < -0.3 is 14.7 Å². The number of nitrogens with zero attached hydrogens (tertiary/aromatic N) is 3. The van der Waals surface area contributed by atoms with Gasteiger partial charge in [-0.1, -0.05) is 48.5 Å². The molecule has 0 unspecified atom stereocenters. The van der Waals surface area contributed by atoms with Crippen LogP contribution in [-0.4, -0.2) is 60.9 Å². The zero-order valence-corrected chi connectivity index (χ0v) is 17.3. The van der Waals surface area contributed by atoms with Crippen molar-refractivity contribution in [1.29, 1.82) is 0 Å². The predicted molar refractivity (Wildman–Crippen MR) is 120 cm³/mol. The number of para-hydroxylation sites is 1. The highest BCUT2D eigenvalue weighted by Crippen LogP contribution is 2.22. The molecule has 5 nitrogen and oxygen atoms in total. The second-order valence-corrected chi connectivity index (χ2v) is 8.02. The van der Waals surface area contributed by atoms with E-state index in [9.17, 15) is 9.59 Å². The molecule has 0 saturated carbocycles. The normalized spacial score (nSPS) is 19.9. The Morgan fingerprint density at radius 2 is 1.47 bits per heavy atom. The Balaban J connectivity index is 1.30. The molecule has 2 aromatic carbocycles. The van der Waals surface area contributed by atoms with Gasteiger partial charge in [-0.05, 0) is 36.6 Å². The average Bonchev–Trinajstić information content (AvgIpc) is 2.83. The summed E-state index contributed by atoms with van der Waals surface area (Å²) in [6.07, 6.45) is 5.21. The minimum absolute atomic E-state index is 0.00903. The van der Waals surface area contributed by atoms with Crippen molar-refractivity contribution in [2.45, 2.75) is 12.8 Å². The van der Waals surface area contributed by atoms with Crippen LogP contribution in [0.4, 0.5) is 5.69 Å². The summed E-state index contributed by atoms with van der Waals surface area (Å²) < 4.78 is 0. The molecule has 30 heavy (non-hydrogen) atoms. The van der Waals surface area contributed by atoms with Gasteiger partial charge in [-0.2, -0.15) is 0 Å². The van der Waals surface area contributed by atoms with Crippen LogP contribution in [0.15, 0.2) is 66.7 Å². The molecule has 2 fully saturated rings. The number of anilines is 1. The number of piperidine rings is 1. The van der Waals surface area contributed by atoms with E-state index in [1.54, 1.807) is 6.08 Å². The Hall–Kier alpha value is -3.08. The first-order chi connectivity index (χ1) is 14.7. The maximum Gasteiger partial charge on any atom is 0.246 e. The maximum absolute atomic E-state index is 13.1. The van der Waals surface area contributed by atoms with E-state index in [-0.39, 0.29) is 17.7 Å². The Labute approximate surface area is 178 Å². The first-order valence-corrected chi connectivity index (χ1v) is 10.8. The van der Waals surface area contributed by atoms with Crippen molar-refractivity contribution in [3.05, 3.63) is 72.3 Å². The number of rotatable bonds is 4. The molecule has 0 bridgehead atoms. The summed E-state index contributed by atoms with van der Waals surface area (Å²) in [6.45, 7) is 4.44. The highest BCUT2D eigenvalue weighted by molar-refractivity contribution is 5.92. The molecular weight excluding hydrogens is 374 g/mol. The lowest BCUT2D eigenvalue weighted by atomic mass is 9.96. The Bertz CT molecular complexity index is 874. The van der Waals surface area contributed by atoms with Gasteiger partial charge in [-0.3, -0.25) is 9.59 Å². The number of carbonyl (C=O) groups excluding carboxylic acids is 2. The van der Waals surface area contributed by atoms with Crippen LogP contribution in [0.25, 0.3) is 6.08 Å². The van der Waals surface area contributed by atoms with Crippen molar-refractivity contribution in [1.82, 2.24) is 9.80 Å². The van der Waals surface area contributed by atoms with Gasteiger partial charge in [-0.15, -0.1) is 0 Å². The third kappa shape index (κ3) is 4.90. The van der Waals surface area contributed by atoms with E-state index in [1.807, 2.05) is 64.4 Å². The quantitative estimate of drug-likeness (QED) is 0.736. The smallest absolute Gasteiger partial charge is 0.246 e. The molecule has 2 amide bonds. The Morgan fingerprint density at radius 3 is 2.17 bits per heavy atom. The molecular formula is C25H29N3O2. The zero-order chi connectivity index (χ0) is 20.8. The zero-order valence-electron chi connectivity index (χ0n) is 17.3. The molecule has 2 aliphatic rings. The number of amides is 2. The van der Waals surface area contributed by atoms with E-state index in [0.29, 0.717) is 6.54 Å². The average molecular weight is 404 g/mol.